The van der Waals surface area contributed by atoms with Crippen LogP contribution >= 0.6 is 0 Å². The van der Waals surface area contributed by atoms with Crippen LogP contribution in [0.4, 0.5) is 0 Å². The van der Waals surface area contributed by atoms with Crippen LogP contribution in [0.15, 0.2) is 24.4 Å². The number of ether oxygens (including phenoxy) is 2. The number of pyridine rings is 1. The molecular formula is C21H32N2O3. The van der Waals surface area contributed by atoms with Crippen molar-refractivity contribution in [3.63, 3.8) is 0 Å². The third kappa shape index (κ3) is 4.83. The minimum atomic E-state index is -0.0387. The molecule has 0 N–H and O–H groups in total. The zero-order chi connectivity index (χ0) is 18.4. The zero-order valence-electron chi connectivity index (χ0n) is 16.2. The number of rotatable bonds is 7. The van der Waals surface area contributed by atoms with Crippen molar-refractivity contribution in [2.24, 2.45) is 11.8 Å². The van der Waals surface area contributed by atoms with Crippen molar-refractivity contribution in [2.75, 3.05) is 26.3 Å². The first-order chi connectivity index (χ1) is 12.6. The molecule has 3 rings (SSSR count). The van der Waals surface area contributed by atoms with E-state index in [0.717, 1.165) is 57.7 Å². The Morgan fingerprint density at radius 2 is 2.19 bits per heavy atom. The highest BCUT2D eigenvalue weighted by Crippen LogP contribution is 2.42. The second kappa shape index (κ2) is 8.96. The molecule has 0 radical (unpaired) electrons. The van der Waals surface area contributed by atoms with Gasteiger partial charge in [0.05, 0.1) is 17.9 Å². The van der Waals surface area contributed by atoms with Gasteiger partial charge in [0.25, 0.3) is 0 Å². The number of likely N-dealkylation sites (tertiary alicyclic amines) is 1. The first kappa shape index (κ1) is 19.3. The summed E-state index contributed by atoms with van der Waals surface area (Å²) in [5, 5.41) is 0. The smallest absolute Gasteiger partial charge is 0.222 e. The van der Waals surface area contributed by atoms with Crippen LogP contribution in [-0.2, 0) is 20.9 Å². The lowest BCUT2D eigenvalue weighted by Gasteiger charge is -2.42. The largest absolute Gasteiger partial charge is 0.375 e. The van der Waals surface area contributed by atoms with Gasteiger partial charge in [-0.05, 0) is 49.7 Å². The first-order valence-electron chi connectivity index (χ1n) is 9.98. The van der Waals surface area contributed by atoms with E-state index in [4.69, 9.17) is 9.47 Å². The number of carbonyl (C=O) groups excluding carboxylic acids is 1. The molecule has 144 valence electrons. The van der Waals surface area contributed by atoms with E-state index in [1.165, 1.54) is 0 Å². The molecule has 1 amide bonds. The molecule has 2 saturated heterocycles. The number of piperidine rings is 1. The Morgan fingerprint density at radius 1 is 1.38 bits per heavy atom. The third-order valence-electron chi connectivity index (χ3n) is 5.73. The lowest BCUT2D eigenvalue weighted by atomic mass is 9.78. The quantitative estimate of drug-likeness (QED) is 0.699. The van der Waals surface area contributed by atoms with Crippen molar-refractivity contribution >= 4 is 5.91 Å². The molecule has 2 aliphatic heterocycles. The molecule has 0 saturated carbocycles. The van der Waals surface area contributed by atoms with E-state index in [-0.39, 0.29) is 5.60 Å². The molecule has 26 heavy (non-hydrogen) atoms. The second-order valence-corrected chi connectivity index (χ2v) is 8.04. The van der Waals surface area contributed by atoms with Crippen molar-refractivity contribution in [3.8, 4) is 0 Å². The minimum Gasteiger partial charge on any atom is -0.375 e. The van der Waals surface area contributed by atoms with E-state index >= 15 is 0 Å². The summed E-state index contributed by atoms with van der Waals surface area (Å²) >= 11 is 0. The van der Waals surface area contributed by atoms with Crippen molar-refractivity contribution in [1.29, 1.82) is 0 Å². The standard InChI is InChI=1S/C21H32N2O3/c1-17(2)15-20(24)23-11-8-21(9-12-23)18(7-14-26-21)6-13-25-16-19-5-3-4-10-22-19/h3-5,10,17-18H,6-9,11-16H2,1-2H3/t18-/m1/s1. The fourth-order valence-electron chi connectivity index (χ4n) is 4.24. The molecule has 1 atom stereocenters. The summed E-state index contributed by atoms with van der Waals surface area (Å²) in [5.74, 6) is 1.25. The topological polar surface area (TPSA) is 51.7 Å². The highest BCUT2D eigenvalue weighted by molar-refractivity contribution is 5.76. The average molecular weight is 360 g/mol. The molecule has 0 bridgehead atoms. The summed E-state index contributed by atoms with van der Waals surface area (Å²) in [6.45, 7) is 8.01. The fraction of sp³-hybridized carbons (Fsp3) is 0.714. The Labute approximate surface area is 157 Å². The van der Waals surface area contributed by atoms with Gasteiger partial charge < -0.3 is 14.4 Å². The Kier molecular flexibility index (Phi) is 6.65. The molecule has 3 heterocycles. The molecule has 1 aromatic heterocycles. The van der Waals surface area contributed by atoms with Crippen molar-refractivity contribution in [2.45, 2.75) is 58.2 Å². The van der Waals surface area contributed by atoms with Gasteiger partial charge in [-0.2, -0.15) is 0 Å². The normalized spacial score (nSPS) is 22.3. The van der Waals surface area contributed by atoms with Gasteiger partial charge in [0, 0.05) is 38.9 Å². The van der Waals surface area contributed by atoms with E-state index in [0.29, 0.717) is 30.8 Å². The Morgan fingerprint density at radius 3 is 2.88 bits per heavy atom. The first-order valence-corrected chi connectivity index (χ1v) is 9.98. The molecule has 0 aliphatic carbocycles. The van der Waals surface area contributed by atoms with E-state index in [1.54, 1.807) is 6.20 Å². The predicted octanol–water partition coefficient (Wildman–Crippen LogP) is 3.43. The molecule has 0 unspecified atom stereocenters. The highest BCUT2D eigenvalue weighted by atomic mass is 16.5. The lowest BCUT2D eigenvalue weighted by Crippen LogP contribution is -2.49. The number of nitrogens with zero attached hydrogens (tertiary/aromatic N) is 2. The van der Waals surface area contributed by atoms with E-state index in [1.807, 2.05) is 23.1 Å². The van der Waals surface area contributed by atoms with Gasteiger partial charge >= 0.3 is 0 Å². The van der Waals surface area contributed by atoms with Crippen LogP contribution < -0.4 is 0 Å². The van der Waals surface area contributed by atoms with Gasteiger partial charge in [0.15, 0.2) is 0 Å². The van der Waals surface area contributed by atoms with Crippen LogP contribution in [0.5, 0.6) is 0 Å². The van der Waals surface area contributed by atoms with Crippen molar-refractivity contribution in [3.05, 3.63) is 30.1 Å². The molecule has 1 aromatic rings. The Balaban J connectivity index is 1.44. The molecule has 0 aromatic carbocycles. The molecule has 5 heteroatoms. The number of hydrogen-bond donors (Lipinski definition) is 0. The van der Waals surface area contributed by atoms with E-state index in [9.17, 15) is 4.79 Å². The molecule has 2 fully saturated rings. The monoisotopic (exact) mass is 360 g/mol. The van der Waals surface area contributed by atoms with E-state index < -0.39 is 0 Å². The van der Waals surface area contributed by atoms with Crippen molar-refractivity contribution in [1.82, 2.24) is 9.88 Å². The summed E-state index contributed by atoms with van der Waals surface area (Å²) in [6.07, 6.45) is 6.49. The maximum Gasteiger partial charge on any atom is 0.222 e. The molecule has 1 spiro atoms. The van der Waals surface area contributed by atoms with Crippen LogP contribution in [0.3, 0.4) is 0 Å². The summed E-state index contributed by atoms with van der Waals surface area (Å²) in [5.41, 5.74) is 0.935. The SMILES string of the molecule is CC(C)CC(=O)N1CCC2(CC1)OCC[C@H]2CCOCc1ccccn1. The molecule has 2 aliphatic rings. The highest BCUT2D eigenvalue weighted by Gasteiger charge is 2.46. The van der Waals surface area contributed by atoms with Crippen molar-refractivity contribution < 1.29 is 14.3 Å². The minimum absolute atomic E-state index is 0.0387. The van der Waals surface area contributed by atoms with E-state index in [2.05, 4.69) is 18.8 Å². The maximum absolute atomic E-state index is 12.3. The number of carbonyl (C=O) groups is 1. The van der Waals surface area contributed by atoms with Gasteiger partial charge in [0.2, 0.25) is 5.91 Å². The zero-order valence-corrected chi connectivity index (χ0v) is 16.2. The maximum atomic E-state index is 12.3. The third-order valence-corrected chi connectivity index (χ3v) is 5.73. The summed E-state index contributed by atoms with van der Waals surface area (Å²) in [6, 6.07) is 5.89. The number of hydrogen-bond acceptors (Lipinski definition) is 4. The summed E-state index contributed by atoms with van der Waals surface area (Å²) < 4.78 is 12.0. The van der Waals surface area contributed by atoms with Crippen LogP contribution in [0, 0.1) is 11.8 Å². The van der Waals surface area contributed by atoms with Crippen LogP contribution in [0.25, 0.3) is 0 Å². The number of aromatic nitrogens is 1. The van der Waals surface area contributed by atoms with Gasteiger partial charge in [-0.1, -0.05) is 19.9 Å². The van der Waals surface area contributed by atoms with Gasteiger partial charge in [-0.3, -0.25) is 9.78 Å². The molecular weight excluding hydrogens is 328 g/mol. The van der Waals surface area contributed by atoms with Crippen LogP contribution in [0.2, 0.25) is 0 Å². The summed E-state index contributed by atoms with van der Waals surface area (Å²) in [7, 11) is 0. The van der Waals surface area contributed by atoms with Gasteiger partial charge in [0.1, 0.15) is 0 Å². The fourth-order valence-corrected chi connectivity index (χ4v) is 4.24. The lowest BCUT2D eigenvalue weighted by molar-refractivity contribution is -0.138. The summed E-state index contributed by atoms with van der Waals surface area (Å²) in [4.78, 5) is 18.6. The Hall–Kier alpha value is -1.46. The number of amides is 1. The molecule has 5 nitrogen and oxygen atoms in total. The Bertz CT molecular complexity index is 568. The average Bonchev–Trinajstić information content (AvgIpc) is 3.01. The second-order valence-electron chi connectivity index (χ2n) is 8.04. The van der Waals surface area contributed by atoms with Crippen LogP contribution in [-0.4, -0.2) is 47.7 Å². The van der Waals surface area contributed by atoms with Gasteiger partial charge in [-0.25, -0.2) is 0 Å². The van der Waals surface area contributed by atoms with Gasteiger partial charge in [-0.15, -0.1) is 0 Å². The predicted molar refractivity (Wildman–Crippen MR) is 101 cm³/mol. The van der Waals surface area contributed by atoms with Crippen LogP contribution in [0.1, 0.15) is 51.6 Å².